The quantitative estimate of drug-likeness (QED) is 0.725. The molecule has 0 radical (unpaired) electrons. The minimum absolute atomic E-state index is 0.0215. The molecule has 0 unspecified atom stereocenters. The smallest absolute Gasteiger partial charge is 0.0959 e. The number of benzene rings is 1. The molecular formula is C10H9N2O3-. The second kappa shape index (κ2) is 3.70. The summed E-state index contributed by atoms with van der Waals surface area (Å²) in [6.45, 7) is 0.467. The molecule has 78 valence electrons. The fourth-order valence-electron chi connectivity index (χ4n) is 1.48. The van der Waals surface area contributed by atoms with Crippen LogP contribution in [-0.2, 0) is 6.54 Å². The molecule has 0 bridgehead atoms. The molecule has 1 N–H and O–H groups in total. The van der Waals surface area contributed by atoms with E-state index in [0.29, 0.717) is 12.1 Å². The third kappa shape index (κ3) is 1.69. The Labute approximate surface area is 85.6 Å². The van der Waals surface area contributed by atoms with Gasteiger partial charge in [0, 0.05) is 6.54 Å². The number of hydrogen-bond donors (Lipinski definition) is 1. The number of imidazole rings is 1. The van der Waals surface area contributed by atoms with Gasteiger partial charge in [0.15, 0.2) is 0 Å². The standard InChI is InChI=1S/C10H10N2O3/c13-4-3-12-6-11-8-5-7(10(14)15)1-2-9(8)12/h1-2,5-6,13H,3-4H2,(H,14,15)/p-1. The highest BCUT2D eigenvalue weighted by Gasteiger charge is 2.03. The average Bonchev–Trinajstić information content (AvgIpc) is 2.61. The van der Waals surface area contributed by atoms with E-state index in [1.54, 1.807) is 17.0 Å². The summed E-state index contributed by atoms with van der Waals surface area (Å²) in [6, 6.07) is 4.58. The molecule has 5 nitrogen and oxygen atoms in total. The number of carboxylic acids is 1. The van der Waals surface area contributed by atoms with Gasteiger partial charge >= 0.3 is 0 Å². The maximum Gasteiger partial charge on any atom is 0.0959 e. The van der Waals surface area contributed by atoms with Crippen molar-refractivity contribution in [2.45, 2.75) is 6.54 Å². The number of nitrogens with zero attached hydrogens (tertiary/aromatic N) is 2. The van der Waals surface area contributed by atoms with Gasteiger partial charge in [0.1, 0.15) is 0 Å². The molecule has 0 aliphatic carbocycles. The number of aliphatic hydroxyl groups excluding tert-OH is 1. The molecular weight excluding hydrogens is 196 g/mol. The molecule has 5 heteroatoms. The Morgan fingerprint density at radius 3 is 3.00 bits per heavy atom. The van der Waals surface area contributed by atoms with Gasteiger partial charge in [-0.25, -0.2) is 4.98 Å². The second-order valence-corrected chi connectivity index (χ2v) is 3.15. The molecule has 0 spiro atoms. The van der Waals surface area contributed by atoms with Crippen LogP contribution in [0.3, 0.4) is 0 Å². The lowest BCUT2D eigenvalue weighted by Gasteiger charge is -2.03. The Hall–Kier alpha value is -1.88. The summed E-state index contributed by atoms with van der Waals surface area (Å²) in [5.74, 6) is -1.21. The van der Waals surface area contributed by atoms with E-state index in [1.807, 2.05) is 0 Å². The molecule has 0 saturated carbocycles. The molecule has 2 rings (SSSR count). The SMILES string of the molecule is O=C([O-])c1ccc2c(c1)ncn2CCO. The van der Waals surface area contributed by atoms with Crippen LogP contribution in [0, 0.1) is 0 Å². The zero-order valence-electron chi connectivity index (χ0n) is 7.88. The van der Waals surface area contributed by atoms with Gasteiger partial charge in [-0.2, -0.15) is 0 Å². The van der Waals surface area contributed by atoms with Crippen LogP contribution >= 0.6 is 0 Å². The summed E-state index contributed by atoms with van der Waals surface area (Å²) in [7, 11) is 0. The number of hydrogen-bond acceptors (Lipinski definition) is 4. The molecule has 0 fully saturated rings. The molecule has 0 aliphatic rings. The van der Waals surface area contributed by atoms with Crippen LogP contribution in [0.5, 0.6) is 0 Å². The first-order valence-electron chi connectivity index (χ1n) is 4.49. The van der Waals surface area contributed by atoms with Crippen molar-refractivity contribution in [3.63, 3.8) is 0 Å². The highest BCUT2D eigenvalue weighted by Crippen LogP contribution is 2.14. The molecule has 0 aliphatic heterocycles. The molecule has 1 heterocycles. The van der Waals surface area contributed by atoms with Gasteiger partial charge in [0.25, 0.3) is 0 Å². The summed E-state index contributed by atoms with van der Waals surface area (Å²) >= 11 is 0. The van der Waals surface area contributed by atoms with E-state index < -0.39 is 5.97 Å². The number of aromatic carboxylic acids is 1. The number of carbonyl (C=O) groups is 1. The van der Waals surface area contributed by atoms with Crippen molar-refractivity contribution in [2.75, 3.05) is 6.61 Å². The molecule has 1 aromatic heterocycles. The predicted molar refractivity (Wildman–Crippen MR) is 51.1 cm³/mol. The first kappa shape index (κ1) is 9.67. The maximum absolute atomic E-state index is 10.6. The topological polar surface area (TPSA) is 78.2 Å². The third-order valence-corrected chi connectivity index (χ3v) is 2.20. The molecule has 0 saturated heterocycles. The largest absolute Gasteiger partial charge is 0.545 e. The molecule has 1 aromatic carbocycles. The van der Waals surface area contributed by atoms with Gasteiger partial charge in [0.05, 0.1) is 29.9 Å². The van der Waals surface area contributed by atoms with E-state index in [-0.39, 0.29) is 12.2 Å². The highest BCUT2D eigenvalue weighted by molar-refractivity contribution is 5.91. The number of carbonyl (C=O) groups excluding carboxylic acids is 1. The first-order valence-corrected chi connectivity index (χ1v) is 4.49. The fourth-order valence-corrected chi connectivity index (χ4v) is 1.48. The predicted octanol–water partition coefficient (Wildman–Crippen LogP) is -0.608. The lowest BCUT2D eigenvalue weighted by molar-refractivity contribution is -0.255. The number of carboxylic acid groups (broad SMARTS) is 1. The van der Waals surface area contributed by atoms with E-state index in [2.05, 4.69) is 4.98 Å². The molecule has 0 atom stereocenters. The summed E-state index contributed by atoms with van der Waals surface area (Å²) in [6.07, 6.45) is 1.57. The van der Waals surface area contributed by atoms with Crippen LogP contribution in [0.2, 0.25) is 0 Å². The molecule has 15 heavy (non-hydrogen) atoms. The highest BCUT2D eigenvalue weighted by atomic mass is 16.4. The zero-order chi connectivity index (χ0) is 10.8. The lowest BCUT2D eigenvalue weighted by atomic mass is 10.2. The minimum Gasteiger partial charge on any atom is -0.545 e. The van der Waals surface area contributed by atoms with E-state index in [9.17, 15) is 9.90 Å². The number of aromatic nitrogens is 2. The Morgan fingerprint density at radius 1 is 1.53 bits per heavy atom. The first-order chi connectivity index (χ1) is 7.22. The van der Waals surface area contributed by atoms with Gasteiger partial charge in [-0.15, -0.1) is 0 Å². The van der Waals surface area contributed by atoms with Crippen molar-refractivity contribution >= 4 is 17.0 Å². The van der Waals surface area contributed by atoms with Crippen LogP contribution in [0.25, 0.3) is 11.0 Å². The Balaban J connectivity index is 2.51. The van der Waals surface area contributed by atoms with E-state index in [0.717, 1.165) is 5.52 Å². The van der Waals surface area contributed by atoms with E-state index in [1.165, 1.54) is 12.1 Å². The van der Waals surface area contributed by atoms with Crippen molar-refractivity contribution in [3.8, 4) is 0 Å². The lowest BCUT2D eigenvalue weighted by Crippen LogP contribution is -2.22. The summed E-state index contributed by atoms with van der Waals surface area (Å²) in [4.78, 5) is 14.6. The van der Waals surface area contributed by atoms with Crippen LogP contribution in [0.1, 0.15) is 10.4 Å². The van der Waals surface area contributed by atoms with Gasteiger partial charge < -0.3 is 19.6 Å². The van der Waals surface area contributed by atoms with Gasteiger partial charge in [-0.05, 0) is 17.7 Å². The van der Waals surface area contributed by atoms with Crippen LogP contribution < -0.4 is 5.11 Å². The van der Waals surface area contributed by atoms with E-state index >= 15 is 0 Å². The van der Waals surface area contributed by atoms with E-state index in [4.69, 9.17) is 5.11 Å². The van der Waals surface area contributed by atoms with Gasteiger partial charge in [-0.1, -0.05) is 6.07 Å². The zero-order valence-corrected chi connectivity index (χ0v) is 7.88. The third-order valence-electron chi connectivity index (χ3n) is 2.20. The Kier molecular flexibility index (Phi) is 2.39. The van der Waals surface area contributed by atoms with Crippen LogP contribution in [0.15, 0.2) is 24.5 Å². The van der Waals surface area contributed by atoms with Crippen molar-refractivity contribution in [1.82, 2.24) is 9.55 Å². The number of fused-ring (bicyclic) bond motifs is 1. The molecule has 2 aromatic rings. The summed E-state index contributed by atoms with van der Waals surface area (Å²) in [5, 5.41) is 19.4. The van der Waals surface area contributed by atoms with Gasteiger partial charge in [0.2, 0.25) is 0 Å². The Bertz CT molecular complexity index is 504. The second-order valence-electron chi connectivity index (χ2n) is 3.15. The number of rotatable bonds is 3. The van der Waals surface area contributed by atoms with Crippen molar-refractivity contribution < 1.29 is 15.0 Å². The normalized spacial score (nSPS) is 10.7. The Morgan fingerprint density at radius 2 is 2.33 bits per heavy atom. The van der Waals surface area contributed by atoms with Crippen LogP contribution in [0.4, 0.5) is 0 Å². The maximum atomic E-state index is 10.6. The monoisotopic (exact) mass is 205 g/mol. The fraction of sp³-hybridized carbons (Fsp3) is 0.200. The minimum atomic E-state index is -1.21. The van der Waals surface area contributed by atoms with Crippen molar-refractivity contribution in [2.24, 2.45) is 0 Å². The average molecular weight is 205 g/mol. The van der Waals surface area contributed by atoms with Crippen molar-refractivity contribution in [1.29, 1.82) is 0 Å². The molecule has 0 amide bonds. The van der Waals surface area contributed by atoms with Gasteiger partial charge in [-0.3, -0.25) is 0 Å². The van der Waals surface area contributed by atoms with Crippen molar-refractivity contribution in [3.05, 3.63) is 30.1 Å². The van der Waals surface area contributed by atoms with Crippen LogP contribution in [-0.4, -0.2) is 27.2 Å². The summed E-state index contributed by atoms with van der Waals surface area (Å²) < 4.78 is 1.76. The number of aliphatic hydroxyl groups is 1. The summed E-state index contributed by atoms with van der Waals surface area (Å²) in [5.41, 5.74) is 1.50.